The van der Waals surface area contributed by atoms with E-state index in [4.69, 9.17) is 0 Å². The zero-order valence-electron chi connectivity index (χ0n) is 9.94. The van der Waals surface area contributed by atoms with Gasteiger partial charge in [-0.15, -0.1) is 0 Å². The van der Waals surface area contributed by atoms with Crippen molar-refractivity contribution in [3.05, 3.63) is 42.5 Å². The zero-order valence-corrected chi connectivity index (χ0v) is 9.94. The maximum Gasteiger partial charge on any atom is 0.152 e. The van der Waals surface area contributed by atoms with Crippen LogP contribution in [0.25, 0.3) is 11.3 Å². The van der Waals surface area contributed by atoms with Gasteiger partial charge < -0.3 is 5.32 Å². The van der Waals surface area contributed by atoms with Gasteiger partial charge in [0.05, 0.1) is 0 Å². The molecule has 0 bridgehead atoms. The number of hydrogen-bond acceptors (Lipinski definition) is 3. The Morgan fingerprint density at radius 1 is 1.22 bits per heavy atom. The molecule has 0 unspecified atom stereocenters. The van der Waals surface area contributed by atoms with Gasteiger partial charge in [0.1, 0.15) is 11.5 Å². The number of benzene rings is 1. The molecule has 4 heteroatoms. The lowest BCUT2D eigenvalue weighted by Crippen LogP contribution is -2.07. The SMILES string of the molecule is Fc1cccc(-c2nccnc2NCC2CC2)c1. The highest BCUT2D eigenvalue weighted by Gasteiger charge is 2.21. The fraction of sp³-hybridized carbons (Fsp3) is 0.286. The average Bonchev–Trinajstić information content (AvgIpc) is 3.21. The van der Waals surface area contributed by atoms with Crippen LogP contribution in [-0.4, -0.2) is 16.5 Å². The van der Waals surface area contributed by atoms with E-state index in [2.05, 4.69) is 15.3 Å². The molecule has 1 heterocycles. The summed E-state index contributed by atoms with van der Waals surface area (Å²) in [6.45, 7) is 0.918. The first-order valence-corrected chi connectivity index (χ1v) is 6.14. The Hall–Kier alpha value is -1.97. The predicted octanol–water partition coefficient (Wildman–Crippen LogP) is 3.10. The molecule has 0 aliphatic heterocycles. The maximum atomic E-state index is 13.2. The monoisotopic (exact) mass is 243 g/mol. The van der Waals surface area contributed by atoms with Crippen molar-refractivity contribution in [1.82, 2.24) is 9.97 Å². The van der Waals surface area contributed by atoms with Crippen molar-refractivity contribution in [1.29, 1.82) is 0 Å². The number of aromatic nitrogens is 2. The summed E-state index contributed by atoms with van der Waals surface area (Å²) in [6.07, 6.45) is 5.84. The molecule has 1 saturated carbocycles. The van der Waals surface area contributed by atoms with Gasteiger partial charge in [-0.2, -0.15) is 0 Å². The summed E-state index contributed by atoms with van der Waals surface area (Å²) >= 11 is 0. The van der Waals surface area contributed by atoms with E-state index in [0.29, 0.717) is 5.69 Å². The van der Waals surface area contributed by atoms with Crippen LogP contribution in [0.2, 0.25) is 0 Å². The highest BCUT2D eigenvalue weighted by molar-refractivity contribution is 5.70. The van der Waals surface area contributed by atoms with Crippen molar-refractivity contribution in [3.63, 3.8) is 0 Å². The topological polar surface area (TPSA) is 37.8 Å². The normalized spacial score (nSPS) is 14.5. The van der Waals surface area contributed by atoms with Crippen LogP contribution in [0.15, 0.2) is 36.7 Å². The molecule has 3 nitrogen and oxygen atoms in total. The summed E-state index contributed by atoms with van der Waals surface area (Å²) in [5.74, 6) is 1.23. The molecule has 0 atom stereocenters. The van der Waals surface area contributed by atoms with Gasteiger partial charge in [-0.1, -0.05) is 12.1 Å². The van der Waals surface area contributed by atoms with Crippen LogP contribution in [0.3, 0.4) is 0 Å². The Labute approximate surface area is 105 Å². The highest BCUT2D eigenvalue weighted by atomic mass is 19.1. The molecule has 0 amide bonds. The van der Waals surface area contributed by atoms with Gasteiger partial charge in [0.25, 0.3) is 0 Å². The Morgan fingerprint density at radius 3 is 2.83 bits per heavy atom. The molecule has 3 rings (SSSR count). The lowest BCUT2D eigenvalue weighted by molar-refractivity contribution is 0.628. The first kappa shape index (κ1) is 11.1. The first-order chi connectivity index (χ1) is 8.83. The molecule has 1 aromatic heterocycles. The van der Waals surface area contributed by atoms with Gasteiger partial charge in [-0.3, -0.25) is 4.98 Å². The fourth-order valence-electron chi connectivity index (χ4n) is 1.88. The summed E-state index contributed by atoms with van der Waals surface area (Å²) in [6, 6.07) is 6.43. The minimum atomic E-state index is -0.258. The molecule has 1 fully saturated rings. The summed E-state index contributed by atoms with van der Waals surface area (Å²) < 4.78 is 13.2. The second-order valence-electron chi connectivity index (χ2n) is 4.59. The molecule has 1 aromatic carbocycles. The van der Waals surface area contributed by atoms with Crippen molar-refractivity contribution >= 4 is 5.82 Å². The number of hydrogen-bond donors (Lipinski definition) is 1. The number of anilines is 1. The Bertz CT molecular complexity index is 552. The number of halogens is 1. The molecule has 92 valence electrons. The highest BCUT2D eigenvalue weighted by Crippen LogP contribution is 2.30. The second kappa shape index (κ2) is 4.72. The van der Waals surface area contributed by atoms with Gasteiger partial charge in [-0.05, 0) is 30.9 Å². The van der Waals surface area contributed by atoms with Crippen molar-refractivity contribution in [2.75, 3.05) is 11.9 Å². The van der Waals surface area contributed by atoms with Gasteiger partial charge in [-0.25, -0.2) is 9.37 Å². The third kappa shape index (κ3) is 2.47. The van der Waals surface area contributed by atoms with Gasteiger partial charge >= 0.3 is 0 Å². The van der Waals surface area contributed by atoms with Crippen LogP contribution < -0.4 is 5.32 Å². The smallest absolute Gasteiger partial charge is 0.152 e. The van der Waals surface area contributed by atoms with Crippen molar-refractivity contribution in [2.24, 2.45) is 5.92 Å². The van der Waals surface area contributed by atoms with Crippen LogP contribution in [0.5, 0.6) is 0 Å². The van der Waals surface area contributed by atoms with E-state index in [1.54, 1.807) is 18.5 Å². The summed E-state index contributed by atoms with van der Waals surface area (Å²) in [5, 5.41) is 3.30. The molecular formula is C14H14FN3. The third-order valence-corrected chi connectivity index (χ3v) is 3.05. The maximum absolute atomic E-state index is 13.2. The minimum Gasteiger partial charge on any atom is -0.368 e. The van der Waals surface area contributed by atoms with Crippen LogP contribution in [0.4, 0.5) is 10.2 Å². The van der Waals surface area contributed by atoms with E-state index in [-0.39, 0.29) is 5.82 Å². The zero-order chi connectivity index (χ0) is 12.4. The van der Waals surface area contributed by atoms with Gasteiger partial charge in [0.15, 0.2) is 5.82 Å². The van der Waals surface area contributed by atoms with E-state index >= 15 is 0 Å². The molecule has 0 spiro atoms. The number of rotatable bonds is 4. The van der Waals surface area contributed by atoms with Gasteiger partial charge in [0.2, 0.25) is 0 Å². The lowest BCUT2D eigenvalue weighted by atomic mass is 10.1. The second-order valence-corrected chi connectivity index (χ2v) is 4.59. The number of nitrogens with one attached hydrogen (secondary N) is 1. The molecule has 0 radical (unpaired) electrons. The van der Waals surface area contributed by atoms with Crippen LogP contribution >= 0.6 is 0 Å². The van der Waals surface area contributed by atoms with Crippen molar-refractivity contribution in [2.45, 2.75) is 12.8 Å². The Balaban J connectivity index is 1.89. The molecule has 1 aliphatic carbocycles. The Morgan fingerprint density at radius 2 is 2.06 bits per heavy atom. The van der Waals surface area contributed by atoms with E-state index in [1.807, 2.05) is 6.07 Å². The summed E-state index contributed by atoms with van der Waals surface area (Å²) in [5.41, 5.74) is 1.46. The quantitative estimate of drug-likeness (QED) is 0.896. The lowest BCUT2D eigenvalue weighted by Gasteiger charge is -2.09. The Kier molecular flexibility index (Phi) is 2.92. The summed E-state index contributed by atoms with van der Waals surface area (Å²) in [7, 11) is 0. The van der Waals surface area contributed by atoms with Gasteiger partial charge in [0, 0.05) is 24.5 Å². The standard InChI is InChI=1S/C14H14FN3/c15-12-3-1-2-11(8-12)13-14(17-7-6-16-13)18-9-10-4-5-10/h1-3,6-8,10H,4-5,9H2,(H,17,18). The molecule has 2 aromatic rings. The summed E-state index contributed by atoms with van der Waals surface area (Å²) in [4.78, 5) is 8.59. The van der Waals surface area contributed by atoms with E-state index in [9.17, 15) is 4.39 Å². The molecule has 1 N–H and O–H groups in total. The molecule has 18 heavy (non-hydrogen) atoms. The van der Waals surface area contributed by atoms with E-state index < -0.39 is 0 Å². The van der Waals surface area contributed by atoms with Crippen molar-refractivity contribution in [3.8, 4) is 11.3 Å². The van der Waals surface area contributed by atoms with E-state index in [1.165, 1.54) is 25.0 Å². The largest absolute Gasteiger partial charge is 0.368 e. The molecule has 1 aliphatic rings. The first-order valence-electron chi connectivity index (χ1n) is 6.14. The van der Waals surface area contributed by atoms with Crippen LogP contribution in [0, 0.1) is 11.7 Å². The predicted molar refractivity (Wildman–Crippen MR) is 68.6 cm³/mol. The molecule has 0 saturated heterocycles. The van der Waals surface area contributed by atoms with Crippen molar-refractivity contribution < 1.29 is 4.39 Å². The van der Waals surface area contributed by atoms with Crippen LogP contribution in [0.1, 0.15) is 12.8 Å². The minimum absolute atomic E-state index is 0.258. The molecular weight excluding hydrogens is 229 g/mol. The average molecular weight is 243 g/mol. The van der Waals surface area contributed by atoms with Crippen LogP contribution in [-0.2, 0) is 0 Å². The van der Waals surface area contributed by atoms with E-state index in [0.717, 1.165) is 23.8 Å². The fourth-order valence-corrected chi connectivity index (χ4v) is 1.88. The third-order valence-electron chi connectivity index (χ3n) is 3.05. The number of nitrogens with zero attached hydrogens (tertiary/aromatic N) is 2.